The van der Waals surface area contributed by atoms with Crippen LogP contribution in [0.15, 0.2) is 36.4 Å². The van der Waals surface area contributed by atoms with E-state index in [4.69, 9.17) is 40.2 Å². The molecule has 9 nitrogen and oxygen atoms in total. The molecule has 2 aromatic rings. The number of benzene rings is 1. The molecule has 0 radical (unpaired) electrons. The van der Waals surface area contributed by atoms with E-state index in [0.29, 0.717) is 0 Å². The van der Waals surface area contributed by atoms with Crippen LogP contribution in [-0.4, -0.2) is 74.8 Å². The van der Waals surface area contributed by atoms with Gasteiger partial charge in [0.25, 0.3) is 0 Å². The van der Waals surface area contributed by atoms with E-state index in [1.54, 1.807) is 0 Å². The standard InChI is InChI=1S/C10H9N.4BFH2O2/c1-8-6-7-9-4-2-3-5-10(9)11-8;4*2-1(3)4/h2-7H,1H3;4*3-4H. The van der Waals surface area contributed by atoms with E-state index in [1.807, 2.05) is 31.2 Å². The predicted octanol–water partition coefficient (Wildman–Crippen LogP) is -1.76. The van der Waals surface area contributed by atoms with Crippen molar-refractivity contribution >= 4 is 40.5 Å². The lowest BCUT2D eigenvalue weighted by Crippen LogP contribution is -1.98. The van der Waals surface area contributed by atoms with E-state index < -0.39 is 29.6 Å². The topological polar surface area (TPSA) is 175 Å². The number of rotatable bonds is 0. The maximum absolute atomic E-state index is 10.1. The normalized spacial score (nSPS) is 8.19. The average Bonchev–Trinajstić information content (AvgIpc) is 2.44. The molecule has 150 valence electrons. The summed E-state index contributed by atoms with van der Waals surface area (Å²) in [6.07, 6.45) is 0. The van der Waals surface area contributed by atoms with Crippen LogP contribution in [0.25, 0.3) is 10.9 Å². The van der Waals surface area contributed by atoms with E-state index in [1.165, 1.54) is 5.39 Å². The highest BCUT2D eigenvalue weighted by Gasteiger charge is 1.98. The minimum Gasteiger partial charge on any atom is -0.398 e. The van der Waals surface area contributed by atoms with Crippen LogP contribution >= 0.6 is 0 Å². The minimum atomic E-state index is -2.67. The summed E-state index contributed by atoms with van der Waals surface area (Å²) in [4.78, 5) is 4.38. The first-order valence-electron chi connectivity index (χ1n) is 6.62. The number of aryl methyl sites for hydroxylation is 1. The molecule has 0 aliphatic heterocycles. The Morgan fingerprint density at radius 2 is 0.963 bits per heavy atom. The Morgan fingerprint density at radius 3 is 1.33 bits per heavy atom. The number of nitrogens with zero attached hydrogens (tertiary/aromatic N) is 1. The fraction of sp³-hybridized carbons (Fsp3) is 0.100. The van der Waals surface area contributed by atoms with E-state index in [0.717, 1.165) is 11.2 Å². The maximum Gasteiger partial charge on any atom is 0.674 e. The van der Waals surface area contributed by atoms with Crippen molar-refractivity contribution in [2.24, 2.45) is 0 Å². The molecule has 0 unspecified atom stereocenters. The lowest BCUT2D eigenvalue weighted by atomic mass is 10.2. The van der Waals surface area contributed by atoms with Crippen LogP contribution in [0.3, 0.4) is 0 Å². The molecule has 0 aliphatic carbocycles. The van der Waals surface area contributed by atoms with Crippen molar-refractivity contribution < 1.29 is 57.5 Å². The highest BCUT2D eigenvalue weighted by Crippen LogP contribution is 2.10. The number of fused-ring (bicyclic) bond motifs is 1. The highest BCUT2D eigenvalue weighted by molar-refractivity contribution is 6.32. The summed E-state index contributed by atoms with van der Waals surface area (Å²) in [6, 6.07) is 12.3. The summed E-state index contributed by atoms with van der Waals surface area (Å²) in [5, 5.41) is 56.8. The zero-order valence-electron chi connectivity index (χ0n) is 13.8. The Kier molecular flexibility index (Phi) is 21.2. The zero-order valence-corrected chi connectivity index (χ0v) is 13.8. The van der Waals surface area contributed by atoms with Gasteiger partial charge in [-0.05, 0) is 19.1 Å². The SMILES string of the molecule is Cc1ccc2ccccc2n1.OB(O)F.OB(O)F.OB(O)F.OB(O)F. The molecule has 27 heavy (non-hydrogen) atoms. The van der Waals surface area contributed by atoms with Gasteiger partial charge in [0.2, 0.25) is 0 Å². The zero-order chi connectivity index (χ0) is 22.0. The Balaban J connectivity index is -0.000000305. The molecule has 0 atom stereocenters. The van der Waals surface area contributed by atoms with Gasteiger partial charge in [0, 0.05) is 11.1 Å². The first-order valence-corrected chi connectivity index (χ1v) is 6.62. The van der Waals surface area contributed by atoms with Gasteiger partial charge in [-0.3, -0.25) is 22.2 Å². The van der Waals surface area contributed by atoms with Crippen molar-refractivity contribution in [3.05, 3.63) is 42.1 Å². The largest absolute Gasteiger partial charge is 0.674 e. The quantitative estimate of drug-likeness (QED) is 0.189. The molecule has 0 saturated carbocycles. The van der Waals surface area contributed by atoms with E-state index in [-0.39, 0.29) is 0 Å². The maximum atomic E-state index is 10.1. The molecule has 1 aromatic carbocycles. The van der Waals surface area contributed by atoms with Gasteiger partial charge < -0.3 is 40.2 Å². The second-order valence-electron chi connectivity index (χ2n) is 3.89. The summed E-state index contributed by atoms with van der Waals surface area (Å²) in [5.74, 6) is 0. The summed E-state index contributed by atoms with van der Waals surface area (Å²) in [5.41, 5.74) is 2.15. The lowest BCUT2D eigenvalue weighted by molar-refractivity contribution is 0.338. The first-order chi connectivity index (χ1) is 12.3. The Bertz CT molecular complexity index is 553. The molecule has 0 fully saturated rings. The molecule has 0 spiro atoms. The number of hydrogen-bond donors (Lipinski definition) is 8. The fourth-order valence-corrected chi connectivity index (χ4v) is 1.17. The molecule has 1 aromatic heterocycles. The summed E-state index contributed by atoms with van der Waals surface area (Å²) in [7, 11) is -10.7. The van der Waals surface area contributed by atoms with Crippen molar-refractivity contribution in [3.63, 3.8) is 0 Å². The number of hydrogen-bond acceptors (Lipinski definition) is 9. The van der Waals surface area contributed by atoms with Gasteiger partial charge in [0.1, 0.15) is 0 Å². The van der Waals surface area contributed by atoms with Gasteiger partial charge in [0.15, 0.2) is 0 Å². The molecular formula is C10H17B4F4NO8. The molecule has 0 bridgehead atoms. The molecule has 8 N–H and O–H groups in total. The second kappa shape index (κ2) is 19.1. The van der Waals surface area contributed by atoms with Crippen LogP contribution in [0, 0.1) is 6.92 Å². The number of para-hydroxylation sites is 1. The van der Waals surface area contributed by atoms with Crippen LogP contribution in [-0.2, 0) is 0 Å². The van der Waals surface area contributed by atoms with Crippen LogP contribution in [0.1, 0.15) is 5.69 Å². The minimum absolute atomic E-state index is 1.07. The summed E-state index contributed by atoms with van der Waals surface area (Å²) < 4.78 is 40.4. The number of halogens is 4. The van der Waals surface area contributed by atoms with Crippen LogP contribution in [0.2, 0.25) is 0 Å². The fourth-order valence-electron chi connectivity index (χ4n) is 1.17. The van der Waals surface area contributed by atoms with Gasteiger partial charge in [-0.15, -0.1) is 0 Å². The van der Waals surface area contributed by atoms with Gasteiger partial charge in [-0.25, -0.2) is 0 Å². The van der Waals surface area contributed by atoms with E-state index in [9.17, 15) is 17.3 Å². The third-order valence-electron chi connectivity index (χ3n) is 1.74. The van der Waals surface area contributed by atoms with E-state index in [2.05, 4.69) is 17.1 Å². The predicted molar refractivity (Wildman–Crippen MR) is 91.7 cm³/mol. The molecule has 17 heteroatoms. The summed E-state index contributed by atoms with van der Waals surface area (Å²) in [6.45, 7) is 2.01. The second-order valence-corrected chi connectivity index (χ2v) is 3.89. The third-order valence-corrected chi connectivity index (χ3v) is 1.74. The Labute approximate surface area is 153 Å². The van der Waals surface area contributed by atoms with E-state index >= 15 is 0 Å². The van der Waals surface area contributed by atoms with Crippen molar-refractivity contribution in [2.75, 3.05) is 0 Å². The first kappa shape index (κ1) is 30.0. The Morgan fingerprint density at radius 1 is 0.630 bits per heavy atom. The van der Waals surface area contributed by atoms with Gasteiger partial charge in [-0.1, -0.05) is 24.3 Å². The Hall–Kier alpha value is -1.71. The molecule has 1 heterocycles. The van der Waals surface area contributed by atoms with Gasteiger partial charge >= 0.3 is 29.6 Å². The van der Waals surface area contributed by atoms with Crippen LogP contribution in [0.5, 0.6) is 0 Å². The number of aromatic nitrogens is 1. The molecule has 0 aliphatic rings. The third kappa shape index (κ3) is 36.1. The molecule has 0 amide bonds. The van der Waals surface area contributed by atoms with Gasteiger partial charge in [-0.2, -0.15) is 0 Å². The van der Waals surface area contributed by atoms with Crippen molar-refractivity contribution in [2.45, 2.75) is 6.92 Å². The molecular weight excluding hydrogens is 381 g/mol. The van der Waals surface area contributed by atoms with Crippen molar-refractivity contribution in [1.82, 2.24) is 4.98 Å². The monoisotopic (exact) mass is 399 g/mol. The van der Waals surface area contributed by atoms with Crippen molar-refractivity contribution in [3.8, 4) is 0 Å². The van der Waals surface area contributed by atoms with Gasteiger partial charge in [0.05, 0.1) is 5.52 Å². The van der Waals surface area contributed by atoms with Crippen LogP contribution < -0.4 is 0 Å². The molecule has 0 saturated heterocycles. The van der Waals surface area contributed by atoms with Crippen LogP contribution in [0.4, 0.5) is 17.3 Å². The average molecular weight is 398 g/mol. The smallest absolute Gasteiger partial charge is 0.398 e. The number of pyridine rings is 1. The lowest BCUT2D eigenvalue weighted by Gasteiger charge is -1.95. The molecule has 2 rings (SSSR count). The van der Waals surface area contributed by atoms with Crippen molar-refractivity contribution in [1.29, 1.82) is 0 Å². The summed E-state index contributed by atoms with van der Waals surface area (Å²) >= 11 is 0. The highest BCUT2D eigenvalue weighted by atomic mass is 19.1.